The zero-order valence-corrected chi connectivity index (χ0v) is 18.0. The molecular weight excluding hydrogens is 422 g/mol. The molecule has 0 fully saturated rings. The van der Waals surface area contributed by atoms with E-state index in [1.807, 2.05) is 66.2 Å². The van der Waals surface area contributed by atoms with Crippen molar-refractivity contribution in [1.29, 1.82) is 0 Å². The highest BCUT2D eigenvalue weighted by Gasteiger charge is 2.14. The first kappa shape index (κ1) is 19.9. The van der Waals surface area contributed by atoms with Crippen molar-refractivity contribution < 1.29 is 9.53 Å². The predicted molar refractivity (Wildman–Crippen MR) is 124 cm³/mol. The number of nitrogens with zero attached hydrogens (tertiary/aromatic N) is 4. The van der Waals surface area contributed by atoms with Crippen molar-refractivity contribution in [2.24, 2.45) is 0 Å². The van der Waals surface area contributed by atoms with Gasteiger partial charge < -0.3 is 9.14 Å². The number of anilines is 1. The summed E-state index contributed by atoms with van der Waals surface area (Å²) in [4.78, 5) is 27.1. The van der Waals surface area contributed by atoms with Gasteiger partial charge in [0.15, 0.2) is 5.13 Å². The van der Waals surface area contributed by atoms with Crippen LogP contribution in [-0.2, 0) is 6.61 Å². The molecule has 1 N–H and O–H groups in total. The minimum atomic E-state index is -0.246. The van der Waals surface area contributed by atoms with Crippen LogP contribution in [0.3, 0.4) is 0 Å². The zero-order valence-electron chi connectivity index (χ0n) is 17.2. The van der Waals surface area contributed by atoms with E-state index >= 15 is 0 Å². The van der Waals surface area contributed by atoms with Crippen molar-refractivity contribution in [2.45, 2.75) is 13.5 Å². The van der Waals surface area contributed by atoms with Crippen molar-refractivity contribution in [1.82, 2.24) is 19.4 Å². The van der Waals surface area contributed by atoms with Crippen LogP contribution < -0.4 is 10.1 Å². The Balaban J connectivity index is 1.27. The number of benzene rings is 1. The lowest BCUT2D eigenvalue weighted by Crippen LogP contribution is -2.11. The van der Waals surface area contributed by atoms with Crippen LogP contribution in [0, 0.1) is 6.92 Å². The summed E-state index contributed by atoms with van der Waals surface area (Å²) in [5.41, 5.74) is 3.83. The van der Waals surface area contributed by atoms with E-state index in [4.69, 9.17) is 4.74 Å². The zero-order chi connectivity index (χ0) is 21.9. The molecule has 8 heteroatoms. The molecule has 1 aromatic carbocycles. The van der Waals surface area contributed by atoms with Crippen LogP contribution in [0.5, 0.6) is 5.75 Å². The summed E-state index contributed by atoms with van der Waals surface area (Å²) < 4.78 is 7.81. The maximum atomic E-state index is 12.8. The molecule has 0 aliphatic carbocycles. The van der Waals surface area contributed by atoms with E-state index in [9.17, 15) is 4.79 Å². The number of thiazole rings is 1. The van der Waals surface area contributed by atoms with E-state index in [0.717, 1.165) is 27.6 Å². The molecule has 4 aromatic heterocycles. The molecule has 0 aliphatic rings. The molecule has 0 bridgehead atoms. The van der Waals surface area contributed by atoms with Crippen LogP contribution in [-0.4, -0.2) is 25.3 Å². The van der Waals surface area contributed by atoms with Gasteiger partial charge in [-0.15, -0.1) is 0 Å². The van der Waals surface area contributed by atoms with Crippen molar-refractivity contribution in [2.75, 3.05) is 5.32 Å². The van der Waals surface area contributed by atoms with E-state index in [1.54, 1.807) is 24.4 Å². The molecule has 0 atom stereocenters. The first-order valence-electron chi connectivity index (χ1n) is 10.0. The van der Waals surface area contributed by atoms with Crippen LogP contribution in [0.25, 0.3) is 16.2 Å². The Morgan fingerprint density at radius 2 is 2.00 bits per heavy atom. The number of aromatic nitrogens is 4. The number of fused-ring (bicyclic) bond motifs is 1. The standard InChI is InChI=1S/C24H19N5O2S/c1-16-22(20-9-2-4-11-25-20)32-24(26-16)28-23(30)17-7-6-8-19(13-17)31-15-18-14-29-12-5-3-10-21(29)27-18/h2-14H,15H2,1H3,(H,26,28,30). The normalized spacial score (nSPS) is 10.9. The molecule has 1 amide bonds. The summed E-state index contributed by atoms with van der Waals surface area (Å²) in [7, 11) is 0. The van der Waals surface area contributed by atoms with Crippen molar-refractivity contribution in [3.8, 4) is 16.3 Å². The van der Waals surface area contributed by atoms with Gasteiger partial charge in [-0.1, -0.05) is 29.5 Å². The van der Waals surface area contributed by atoms with Crippen LogP contribution in [0.2, 0.25) is 0 Å². The van der Waals surface area contributed by atoms with E-state index in [1.165, 1.54) is 11.3 Å². The molecule has 0 spiro atoms. The van der Waals surface area contributed by atoms with Crippen LogP contribution in [0.15, 0.2) is 79.3 Å². The second-order valence-electron chi connectivity index (χ2n) is 7.12. The Morgan fingerprint density at radius 3 is 2.84 bits per heavy atom. The highest BCUT2D eigenvalue weighted by atomic mass is 32.1. The summed E-state index contributed by atoms with van der Waals surface area (Å²) >= 11 is 1.40. The fourth-order valence-corrected chi connectivity index (χ4v) is 4.23. The molecule has 5 rings (SSSR count). The van der Waals surface area contributed by atoms with Gasteiger partial charge in [0, 0.05) is 24.2 Å². The maximum Gasteiger partial charge on any atom is 0.257 e. The number of nitrogens with one attached hydrogen (secondary N) is 1. The Bertz CT molecular complexity index is 1360. The minimum absolute atomic E-state index is 0.246. The highest BCUT2D eigenvalue weighted by molar-refractivity contribution is 7.19. The van der Waals surface area contributed by atoms with Gasteiger partial charge in [0.1, 0.15) is 18.0 Å². The Morgan fingerprint density at radius 1 is 1.09 bits per heavy atom. The largest absolute Gasteiger partial charge is 0.487 e. The van der Waals surface area contributed by atoms with Gasteiger partial charge in [-0.25, -0.2) is 9.97 Å². The molecule has 0 saturated carbocycles. The number of aryl methyl sites for hydroxylation is 1. The average molecular weight is 442 g/mol. The summed E-state index contributed by atoms with van der Waals surface area (Å²) in [6.07, 6.45) is 5.61. The van der Waals surface area contributed by atoms with Gasteiger partial charge in [0.25, 0.3) is 5.91 Å². The Labute approximate surface area is 188 Å². The number of ether oxygens (including phenoxy) is 1. The van der Waals surface area contributed by atoms with Gasteiger partial charge in [0.2, 0.25) is 0 Å². The monoisotopic (exact) mass is 441 g/mol. The lowest BCUT2D eigenvalue weighted by Gasteiger charge is -2.06. The summed E-state index contributed by atoms with van der Waals surface area (Å²) in [5.74, 6) is 0.351. The van der Waals surface area contributed by atoms with Gasteiger partial charge in [0.05, 0.1) is 22.0 Å². The fraction of sp³-hybridized carbons (Fsp3) is 0.0833. The summed E-state index contributed by atoms with van der Waals surface area (Å²) in [5, 5.41) is 3.41. The average Bonchev–Trinajstić information content (AvgIpc) is 3.41. The number of imidazole rings is 1. The number of amides is 1. The molecule has 158 valence electrons. The molecule has 0 radical (unpaired) electrons. The SMILES string of the molecule is Cc1nc(NC(=O)c2cccc(OCc3cn4ccccc4n3)c2)sc1-c1ccccn1. The first-order chi connectivity index (χ1) is 15.7. The molecular formula is C24H19N5O2S. The lowest BCUT2D eigenvalue weighted by molar-refractivity contribution is 0.102. The third-order valence-electron chi connectivity index (χ3n) is 4.81. The fourth-order valence-electron chi connectivity index (χ4n) is 3.30. The lowest BCUT2D eigenvalue weighted by atomic mass is 10.2. The highest BCUT2D eigenvalue weighted by Crippen LogP contribution is 2.31. The smallest absolute Gasteiger partial charge is 0.257 e. The Kier molecular flexibility index (Phi) is 5.35. The molecule has 4 heterocycles. The second kappa shape index (κ2) is 8.60. The predicted octanol–water partition coefficient (Wildman–Crippen LogP) is 4.99. The van der Waals surface area contributed by atoms with Gasteiger partial charge in [-0.3, -0.25) is 15.1 Å². The first-order valence-corrected chi connectivity index (χ1v) is 10.8. The number of carbonyl (C=O) groups excluding carboxylic acids is 1. The van der Waals surface area contributed by atoms with E-state index in [2.05, 4.69) is 20.3 Å². The molecule has 0 saturated heterocycles. The third kappa shape index (κ3) is 4.21. The second-order valence-corrected chi connectivity index (χ2v) is 8.12. The number of carbonyl (C=O) groups is 1. The number of hydrogen-bond donors (Lipinski definition) is 1. The molecule has 32 heavy (non-hydrogen) atoms. The topological polar surface area (TPSA) is 81.4 Å². The van der Waals surface area contributed by atoms with E-state index < -0.39 is 0 Å². The van der Waals surface area contributed by atoms with Gasteiger partial charge in [-0.05, 0) is 49.4 Å². The van der Waals surface area contributed by atoms with Crippen molar-refractivity contribution in [3.05, 3.63) is 96.2 Å². The van der Waals surface area contributed by atoms with Gasteiger partial charge >= 0.3 is 0 Å². The Hall–Kier alpha value is -4.04. The number of pyridine rings is 2. The van der Waals surface area contributed by atoms with Crippen molar-refractivity contribution in [3.63, 3.8) is 0 Å². The molecule has 5 aromatic rings. The van der Waals surface area contributed by atoms with Crippen LogP contribution >= 0.6 is 11.3 Å². The molecule has 0 aliphatic heterocycles. The minimum Gasteiger partial charge on any atom is -0.487 e. The quantitative estimate of drug-likeness (QED) is 0.401. The van der Waals surface area contributed by atoms with E-state index in [-0.39, 0.29) is 5.91 Å². The van der Waals surface area contributed by atoms with Crippen molar-refractivity contribution >= 4 is 28.0 Å². The third-order valence-corrected chi connectivity index (χ3v) is 5.91. The summed E-state index contributed by atoms with van der Waals surface area (Å²) in [6, 6.07) is 18.6. The van der Waals surface area contributed by atoms with Crippen LogP contribution in [0.1, 0.15) is 21.7 Å². The number of rotatable bonds is 6. The summed E-state index contributed by atoms with van der Waals surface area (Å²) in [6.45, 7) is 2.22. The number of hydrogen-bond acceptors (Lipinski definition) is 6. The van der Waals surface area contributed by atoms with E-state index in [0.29, 0.717) is 23.1 Å². The molecule has 7 nitrogen and oxygen atoms in total. The maximum absolute atomic E-state index is 12.8. The van der Waals surface area contributed by atoms with Gasteiger partial charge in [-0.2, -0.15) is 0 Å². The van der Waals surface area contributed by atoms with Crippen LogP contribution in [0.4, 0.5) is 5.13 Å². The molecule has 0 unspecified atom stereocenters.